The van der Waals surface area contributed by atoms with E-state index in [1.165, 1.54) is 0 Å². The molecule has 98 valence electrons. The minimum absolute atomic E-state index is 0.0722. The summed E-state index contributed by atoms with van der Waals surface area (Å²) in [7, 11) is 0. The summed E-state index contributed by atoms with van der Waals surface area (Å²) in [5.74, 6) is 0.0722. The number of carbonyl (C=O) groups excluding carboxylic acids is 1. The number of nitrogens with two attached hydrogens (primary N) is 1. The van der Waals surface area contributed by atoms with E-state index in [0.29, 0.717) is 13.1 Å². The van der Waals surface area contributed by atoms with Crippen molar-refractivity contribution in [2.75, 3.05) is 6.54 Å². The van der Waals surface area contributed by atoms with Crippen LogP contribution in [0.25, 0.3) is 10.9 Å². The van der Waals surface area contributed by atoms with E-state index < -0.39 is 0 Å². The third kappa shape index (κ3) is 2.19. The normalized spacial score (nSPS) is 16.3. The Kier molecular flexibility index (Phi) is 2.95. The number of carbonyl (C=O) groups is 1. The van der Waals surface area contributed by atoms with Crippen LogP contribution in [0.15, 0.2) is 36.5 Å². The zero-order valence-electron chi connectivity index (χ0n) is 10.7. The van der Waals surface area contributed by atoms with Gasteiger partial charge >= 0.3 is 0 Å². The van der Waals surface area contributed by atoms with E-state index in [1.807, 2.05) is 30.3 Å². The predicted molar refractivity (Wildman–Crippen MR) is 74.3 cm³/mol. The minimum atomic E-state index is -0.294. The van der Waals surface area contributed by atoms with E-state index in [1.54, 1.807) is 6.20 Å². The number of fused-ring (bicyclic) bond motifs is 1. The van der Waals surface area contributed by atoms with Crippen LogP contribution >= 0.6 is 0 Å². The Balaban J connectivity index is 1.77. The molecule has 1 aliphatic rings. The first-order chi connectivity index (χ1) is 9.25. The summed E-state index contributed by atoms with van der Waals surface area (Å²) in [4.78, 5) is 16.4. The smallest absolute Gasteiger partial charge is 0.227 e. The number of amides is 1. The molecule has 1 heterocycles. The van der Waals surface area contributed by atoms with Crippen LogP contribution in [-0.4, -0.2) is 17.4 Å². The van der Waals surface area contributed by atoms with E-state index in [2.05, 4.69) is 10.3 Å². The van der Waals surface area contributed by atoms with Crippen LogP contribution in [0.3, 0.4) is 0 Å². The molecule has 1 aliphatic carbocycles. The fourth-order valence-corrected chi connectivity index (χ4v) is 2.35. The monoisotopic (exact) mass is 255 g/mol. The number of nitrogens with zero attached hydrogens (tertiary/aromatic N) is 1. The molecule has 3 rings (SSSR count). The number of hydrogen-bond acceptors (Lipinski definition) is 3. The summed E-state index contributed by atoms with van der Waals surface area (Å²) in [6.07, 6.45) is 3.59. The molecule has 1 aromatic carbocycles. The molecule has 0 atom stereocenters. The van der Waals surface area contributed by atoms with Gasteiger partial charge in [-0.25, -0.2) is 0 Å². The van der Waals surface area contributed by atoms with E-state index >= 15 is 0 Å². The standard InChI is InChI=1S/C15H17N3O/c16-10-15(6-7-15)14(19)18-9-12-4-1-3-11-5-2-8-17-13(11)12/h1-5,8H,6-7,9-10,16H2,(H,18,19). The van der Waals surface area contributed by atoms with Gasteiger partial charge in [-0.2, -0.15) is 0 Å². The third-order valence-electron chi connectivity index (χ3n) is 3.88. The molecule has 1 aromatic heterocycles. The van der Waals surface area contributed by atoms with Gasteiger partial charge in [-0.05, 0) is 24.5 Å². The van der Waals surface area contributed by atoms with Gasteiger partial charge in [0.25, 0.3) is 0 Å². The molecule has 0 saturated heterocycles. The molecule has 1 saturated carbocycles. The van der Waals surface area contributed by atoms with Crippen molar-refractivity contribution in [3.63, 3.8) is 0 Å². The van der Waals surface area contributed by atoms with Gasteiger partial charge in [0.2, 0.25) is 5.91 Å². The van der Waals surface area contributed by atoms with Crippen molar-refractivity contribution >= 4 is 16.8 Å². The molecule has 1 amide bonds. The number of hydrogen-bond donors (Lipinski definition) is 2. The lowest BCUT2D eigenvalue weighted by Gasteiger charge is -2.13. The Morgan fingerprint density at radius 3 is 2.84 bits per heavy atom. The van der Waals surface area contributed by atoms with Crippen molar-refractivity contribution in [1.29, 1.82) is 0 Å². The van der Waals surface area contributed by atoms with E-state index in [4.69, 9.17) is 5.73 Å². The van der Waals surface area contributed by atoms with Crippen molar-refractivity contribution in [2.24, 2.45) is 11.1 Å². The first-order valence-electron chi connectivity index (χ1n) is 6.56. The summed E-state index contributed by atoms with van der Waals surface area (Å²) < 4.78 is 0. The van der Waals surface area contributed by atoms with Crippen molar-refractivity contribution in [1.82, 2.24) is 10.3 Å². The number of para-hydroxylation sites is 1. The molecule has 0 radical (unpaired) electrons. The molecule has 0 bridgehead atoms. The number of rotatable bonds is 4. The van der Waals surface area contributed by atoms with Gasteiger partial charge in [0, 0.05) is 24.7 Å². The van der Waals surface area contributed by atoms with E-state index in [9.17, 15) is 4.79 Å². The Morgan fingerprint density at radius 2 is 2.11 bits per heavy atom. The summed E-state index contributed by atoms with van der Waals surface area (Å²) in [6, 6.07) is 9.95. The Hall–Kier alpha value is -1.94. The van der Waals surface area contributed by atoms with Crippen LogP contribution in [0, 0.1) is 5.41 Å². The molecule has 4 heteroatoms. The molecule has 0 unspecified atom stereocenters. The van der Waals surface area contributed by atoms with Gasteiger partial charge in [0.1, 0.15) is 0 Å². The van der Waals surface area contributed by atoms with Crippen LogP contribution < -0.4 is 11.1 Å². The topological polar surface area (TPSA) is 68.0 Å². The number of pyridine rings is 1. The lowest BCUT2D eigenvalue weighted by molar-refractivity contribution is -0.126. The first-order valence-corrected chi connectivity index (χ1v) is 6.56. The second-order valence-electron chi connectivity index (χ2n) is 5.16. The van der Waals surface area contributed by atoms with Crippen LogP contribution in [0.1, 0.15) is 18.4 Å². The van der Waals surface area contributed by atoms with Gasteiger partial charge in [-0.3, -0.25) is 9.78 Å². The van der Waals surface area contributed by atoms with Crippen LogP contribution in [0.4, 0.5) is 0 Å². The SMILES string of the molecule is NCC1(C(=O)NCc2cccc3cccnc23)CC1. The average molecular weight is 255 g/mol. The van der Waals surface area contributed by atoms with Gasteiger partial charge in [0.05, 0.1) is 10.9 Å². The third-order valence-corrected chi connectivity index (χ3v) is 3.88. The molecular formula is C15H17N3O. The molecular weight excluding hydrogens is 238 g/mol. The number of aromatic nitrogens is 1. The van der Waals surface area contributed by atoms with E-state index in [-0.39, 0.29) is 11.3 Å². The van der Waals surface area contributed by atoms with Crippen LogP contribution in [-0.2, 0) is 11.3 Å². The Labute approximate surface area is 112 Å². The van der Waals surface area contributed by atoms with Gasteiger partial charge in [-0.15, -0.1) is 0 Å². The van der Waals surface area contributed by atoms with Gasteiger partial charge in [-0.1, -0.05) is 24.3 Å². The van der Waals surface area contributed by atoms with Gasteiger partial charge in [0.15, 0.2) is 0 Å². The maximum Gasteiger partial charge on any atom is 0.227 e. The maximum atomic E-state index is 12.1. The second-order valence-corrected chi connectivity index (χ2v) is 5.16. The number of nitrogens with one attached hydrogen (secondary N) is 1. The molecule has 3 N–H and O–H groups in total. The van der Waals surface area contributed by atoms with E-state index in [0.717, 1.165) is 29.3 Å². The summed E-state index contributed by atoms with van der Waals surface area (Å²) in [6.45, 7) is 0.946. The predicted octanol–water partition coefficient (Wildman–Crippen LogP) is 1.59. The minimum Gasteiger partial charge on any atom is -0.351 e. The Morgan fingerprint density at radius 1 is 1.32 bits per heavy atom. The first kappa shape index (κ1) is 12.1. The maximum absolute atomic E-state index is 12.1. The highest BCUT2D eigenvalue weighted by molar-refractivity contribution is 5.86. The lowest BCUT2D eigenvalue weighted by Crippen LogP contribution is -2.36. The highest BCUT2D eigenvalue weighted by Gasteiger charge is 2.48. The Bertz CT molecular complexity index is 614. The number of benzene rings is 1. The largest absolute Gasteiger partial charge is 0.351 e. The van der Waals surface area contributed by atoms with Crippen LogP contribution in [0.5, 0.6) is 0 Å². The van der Waals surface area contributed by atoms with Crippen molar-refractivity contribution in [2.45, 2.75) is 19.4 Å². The molecule has 2 aromatic rings. The van der Waals surface area contributed by atoms with Crippen molar-refractivity contribution in [3.05, 3.63) is 42.1 Å². The highest BCUT2D eigenvalue weighted by Crippen LogP contribution is 2.44. The average Bonchev–Trinajstić information content (AvgIpc) is 3.26. The quantitative estimate of drug-likeness (QED) is 0.871. The van der Waals surface area contributed by atoms with Crippen LogP contribution in [0.2, 0.25) is 0 Å². The molecule has 4 nitrogen and oxygen atoms in total. The zero-order chi connectivity index (χ0) is 13.3. The second kappa shape index (κ2) is 4.63. The fraction of sp³-hybridized carbons (Fsp3) is 0.333. The zero-order valence-corrected chi connectivity index (χ0v) is 10.7. The molecule has 1 fully saturated rings. The molecule has 0 aliphatic heterocycles. The molecule has 19 heavy (non-hydrogen) atoms. The van der Waals surface area contributed by atoms with Crippen molar-refractivity contribution in [3.8, 4) is 0 Å². The summed E-state index contributed by atoms with van der Waals surface area (Å²) in [5.41, 5.74) is 7.35. The van der Waals surface area contributed by atoms with Crippen molar-refractivity contribution < 1.29 is 4.79 Å². The lowest BCUT2D eigenvalue weighted by atomic mass is 10.1. The molecule has 0 spiro atoms. The highest BCUT2D eigenvalue weighted by atomic mass is 16.2. The summed E-state index contributed by atoms with van der Waals surface area (Å²) >= 11 is 0. The van der Waals surface area contributed by atoms with Gasteiger partial charge < -0.3 is 11.1 Å². The fourth-order valence-electron chi connectivity index (χ4n) is 2.35. The summed E-state index contributed by atoms with van der Waals surface area (Å²) in [5, 5.41) is 4.08.